The zero-order chi connectivity index (χ0) is 15.1. The molecule has 4 rings (SSSR count). The summed E-state index contributed by atoms with van der Waals surface area (Å²) in [4.78, 5) is 19.8. The minimum Gasteiger partial charge on any atom is -0.486 e. The predicted molar refractivity (Wildman–Crippen MR) is 85.3 cm³/mol. The molecular weight excluding hydrogens is 296 g/mol. The van der Waals surface area contributed by atoms with Crippen LogP contribution in [0.4, 0.5) is 0 Å². The molecule has 0 N–H and O–H groups in total. The molecule has 2 aromatic heterocycles. The van der Waals surface area contributed by atoms with E-state index in [9.17, 15) is 4.79 Å². The van der Waals surface area contributed by atoms with Crippen LogP contribution in [0.5, 0.6) is 5.75 Å². The molecule has 2 bridgehead atoms. The number of thiophene rings is 1. The Morgan fingerprint density at radius 1 is 1.41 bits per heavy atom. The average Bonchev–Trinajstić information content (AvgIpc) is 3.23. The van der Waals surface area contributed by atoms with E-state index in [4.69, 9.17) is 4.74 Å². The highest BCUT2D eigenvalue weighted by atomic mass is 32.1. The first kappa shape index (κ1) is 13.8. The van der Waals surface area contributed by atoms with Gasteiger partial charge in [-0.2, -0.15) is 0 Å². The molecule has 0 spiro atoms. The zero-order valence-corrected chi connectivity index (χ0v) is 13.3. The lowest BCUT2D eigenvalue weighted by Gasteiger charge is -2.27. The molecule has 22 heavy (non-hydrogen) atoms. The van der Waals surface area contributed by atoms with Crippen molar-refractivity contribution in [1.82, 2.24) is 9.88 Å². The van der Waals surface area contributed by atoms with E-state index in [1.165, 1.54) is 11.3 Å². The van der Waals surface area contributed by atoms with Crippen molar-refractivity contribution in [1.29, 1.82) is 0 Å². The summed E-state index contributed by atoms with van der Waals surface area (Å²) in [7, 11) is 0. The van der Waals surface area contributed by atoms with Crippen LogP contribution in [0.15, 0.2) is 36.0 Å². The third-order valence-electron chi connectivity index (χ3n) is 4.73. The van der Waals surface area contributed by atoms with Crippen LogP contribution in [0.3, 0.4) is 0 Å². The lowest BCUT2D eigenvalue weighted by molar-refractivity contribution is 0.0671. The first-order valence-electron chi connectivity index (χ1n) is 7.66. The molecule has 114 valence electrons. The second-order valence-corrected chi connectivity index (χ2v) is 6.98. The molecule has 1 aliphatic carbocycles. The smallest absolute Gasteiger partial charge is 0.264 e. The van der Waals surface area contributed by atoms with Gasteiger partial charge in [0.1, 0.15) is 11.9 Å². The number of amides is 1. The van der Waals surface area contributed by atoms with Crippen LogP contribution in [-0.4, -0.2) is 34.5 Å². The van der Waals surface area contributed by atoms with Crippen LogP contribution >= 0.6 is 11.3 Å². The minimum atomic E-state index is 0.105. The van der Waals surface area contributed by atoms with Gasteiger partial charge in [-0.05, 0) is 48.9 Å². The lowest BCUT2D eigenvalue weighted by Crippen LogP contribution is -2.40. The van der Waals surface area contributed by atoms with Crippen LogP contribution in [0.1, 0.15) is 28.1 Å². The number of piperidine rings is 1. The summed E-state index contributed by atoms with van der Waals surface area (Å²) in [6.45, 7) is 2.81. The van der Waals surface area contributed by atoms with Gasteiger partial charge < -0.3 is 9.64 Å². The number of aryl methyl sites for hydroxylation is 1. The summed E-state index contributed by atoms with van der Waals surface area (Å²) in [6, 6.07) is 6.01. The standard InChI is InChI=1S/C17H18N2O2S/c1-11-6-8-22-16(11)17(20)19-10-12-4-5-14(19)15(12)21-13-3-2-7-18-9-13/h2-3,6-9,12,14-15H,4-5,10H2,1H3. The predicted octanol–water partition coefficient (Wildman–Crippen LogP) is 3.13. The summed E-state index contributed by atoms with van der Waals surface area (Å²) in [5.74, 6) is 1.40. The molecule has 1 amide bonds. The number of hydrogen-bond donors (Lipinski definition) is 0. The Labute approximate surface area is 133 Å². The van der Waals surface area contributed by atoms with E-state index >= 15 is 0 Å². The van der Waals surface area contributed by atoms with Crippen molar-refractivity contribution >= 4 is 17.2 Å². The molecule has 1 aliphatic heterocycles. The summed E-state index contributed by atoms with van der Waals surface area (Å²) >= 11 is 1.54. The van der Waals surface area contributed by atoms with Gasteiger partial charge in [-0.25, -0.2) is 0 Å². The van der Waals surface area contributed by atoms with Crippen LogP contribution in [0, 0.1) is 12.8 Å². The lowest BCUT2D eigenvalue weighted by atomic mass is 10.1. The Bertz CT molecular complexity index is 685. The number of ether oxygens (including phenoxy) is 1. The number of pyridine rings is 1. The SMILES string of the molecule is Cc1ccsc1C(=O)N1CC2CCC1C2Oc1cccnc1. The van der Waals surface area contributed by atoms with Crippen molar-refractivity contribution in [3.05, 3.63) is 46.4 Å². The van der Waals surface area contributed by atoms with Crippen molar-refractivity contribution in [3.63, 3.8) is 0 Å². The average molecular weight is 314 g/mol. The van der Waals surface area contributed by atoms with Crippen molar-refractivity contribution in [2.24, 2.45) is 5.92 Å². The van der Waals surface area contributed by atoms with Crippen LogP contribution in [0.25, 0.3) is 0 Å². The van der Waals surface area contributed by atoms with Crippen molar-refractivity contribution in [2.45, 2.75) is 31.9 Å². The van der Waals surface area contributed by atoms with E-state index in [2.05, 4.69) is 4.98 Å². The Morgan fingerprint density at radius 3 is 3.05 bits per heavy atom. The van der Waals surface area contributed by atoms with E-state index in [1.54, 1.807) is 12.4 Å². The summed E-state index contributed by atoms with van der Waals surface area (Å²) in [6.07, 6.45) is 5.77. The number of fused-ring (bicyclic) bond motifs is 2. The molecule has 0 radical (unpaired) electrons. The number of carbonyl (C=O) groups is 1. The van der Waals surface area contributed by atoms with E-state index < -0.39 is 0 Å². The monoisotopic (exact) mass is 314 g/mol. The van der Waals surface area contributed by atoms with E-state index in [0.29, 0.717) is 5.92 Å². The van der Waals surface area contributed by atoms with Crippen molar-refractivity contribution in [2.75, 3.05) is 6.54 Å². The van der Waals surface area contributed by atoms with Crippen molar-refractivity contribution < 1.29 is 9.53 Å². The third-order valence-corrected chi connectivity index (χ3v) is 5.74. The molecular formula is C17H18N2O2S. The Balaban J connectivity index is 1.54. The first-order chi connectivity index (χ1) is 10.7. The van der Waals surface area contributed by atoms with Gasteiger partial charge in [0.25, 0.3) is 5.91 Å². The molecule has 5 heteroatoms. The fourth-order valence-electron chi connectivity index (χ4n) is 3.65. The summed E-state index contributed by atoms with van der Waals surface area (Å²) in [5, 5.41) is 1.99. The maximum atomic E-state index is 12.8. The van der Waals surface area contributed by atoms with Gasteiger partial charge in [-0.1, -0.05) is 0 Å². The van der Waals surface area contributed by atoms with E-state index in [-0.39, 0.29) is 18.1 Å². The quantitative estimate of drug-likeness (QED) is 0.874. The van der Waals surface area contributed by atoms with Crippen LogP contribution < -0.4 is 4.74 Å². The normalized spacial score (nSPS) is 26.4. The van der Waals surface area contributed by atoms with Gasteiger partial charge in [-0.15, -0.1) is 11.3 Å². The second-order valence-electron chi connectivity index (χ2n) is 6.07. The third kappa shape index (κ3) is 2.20. The zero-order valence-electron chi connectivity index (χ0n) is 12.4. The molecule has 3 atom stereocenters. The van der Waals surface area contributed by atoms with Gasteiger partial charge in [0.2, 0.25) is 0 Å². The maximum Gasteiger partial charge on any atom is 0.264 e. The molecule has 0 aromatic carbocycles. The fourth-order valence-corrected chi connectivity index (χ4v) is 4.53. The van der Waals surface area contributed by atoms with Gasteiger partial charge in [-0.3, -0.25) is 9.78 Å². The van der Waals surface area contributed by atoms with Crippen LogP contribution in [0.2, 0.25) is 0 Å². The van der Waals surface area contributed by atoms with Crippen LogP contribution in [-0.2, 0) is 0 Å². The second kappa shape index (κ2) is 5.39. The van der Waals surface area contributed by atoms with E-state index in [1.807, 2.05) is 35.4 Å². The van der Waals surface area contributed by atoms with Gasteiger partial charge >= 0.3 is 0 Å². The van der Waals surface area contributed by atoms with Gasteiger partial charge in [0.15, 0.2) is 0 Å². The topological polar surface area (TPSA) is 42.4 Å². The molecule has 3 heterocycles. The highest BCUT2D eigenvalue weighted by Gasteiger charge is 2.50. The fraction of sp³-hybridized carbons (Fsp3) is 0.412. The largest absolute Gasteiger partial charge is 0.486 e. The highest BCUT2D eigenvalue weighted by molar-refractivity contribution is 7.12. The summed E-state index contributed by atoms with van der Waals surface area (Å²) < 4.78 is 6.14. The molecule has 2 aliphatic rings. The molecule has 4 nitrogen and oxygen atoms in total. The first-order valence-corrected chi connectivity index (χ1v) is 8.54. The molecule has 2 aromatic rings. The molecule has 3 unspecified atom stereocenters. The minimum absolute atomic E-state index is 0.105. The Kier molecular flexibility index (Phi) is 3.37. The Morgan fingerprint density at radius 2 is 2.32 bits per heavy atom. The molecule has 1 saturated heterocycles. The number of carbonyl (C=O) groups excluding carboxylic acids is 1. The number of nitrogens with zero attached hydrogens (tertiary/aromatic N) is 2. The molecule has 1 saturated carbocycles. The highest BCUT2D eigenvalue weighted by Crippen LogP contribution is 2.41. The Hall–Kier alpha value is -1.88. The number of aromatic nitrogens is 1. The summed E-state index contributed by atoms with van der Waals surface area (Å²) in [5.41, 5.74) is 1.07. The number of hydrogen-bond acceptors (Lipinski definition) is 4. The number of rotatable bonds is 3. The molecule has 2 fully saturated rings. The van der Waals surface area contributed by atoms with Gasteiger partial charge in [0.05, 0.1) is 17.1 Å². The van der Waals surface area contributed by atoms with Gasteiger partial charge in [0, 0.05) is 18.7 Å². The van der Waals surface area contributed by atoms with Crippen molar-refractivity contribution in [3.8, 4) is 5.75 Å². The number of likely N-dealkylation sites (tertiary alicyclic amines) is 1. The maximum absolute atomic E-state index is 12.8. The van der Waals surface area contributed by atoms with E-state index in [0.717, 1.165) is 35.6 Å².